The second-order valence-electron chi connectivity index (χ2n) is 7.86. The van der Waals surface area contributed by atoms with Crippen molar-refractivity contribution in [1.29, 1.82) is 0 Å². The van der Waals surface area contributed by atoms with Crippen LogP contribution in [-0.2, 0) is 9.57 Å². The standard InChI is InChI=1S/C22H29F2N5O4/c1-4-7-25-18-10-17(24)19(11-16(18)23)28-20-12-21(27-13-26-20)32-15-5-8-29(9-6-15)33-22(30)31-14(2)3/h10-15,25H,4-9H2,1-3H3,(H,26,27,28). The number of carbonyl (C=O) groups is 1. The van der Waals surface area contributed by atoms with Crippen molar-refractivity contribution < 1.29 is 27.9 Å². The van der Waals surface area contributed by atoms with Crippen molar-refractivity contribution in [3.63, 3.8) is 0 Å². The van der Waals surface area contributed by atoms with Crippen LogP contribution in [0.25, 0.3) is 0 Å². The predicted octanol–water partition coefficient (Wildman–Crippen LogP) is 4.64. The number of ether oxygens (including phenoxy) is 2. The lowest BCUT2D eigenvalue weighted by atomic mass is 10.1. The third-order valence-electron chi connectivity index (χ3n) is 4.75. The summed E-state index contributed by atoms with van der Waals surface area (Å²) < 4.78 is 39.5. The molecule has 0 saturated carbocycles. The third-order valence-corrected chi connectivity index (χ3v) is 4.75. The van der Waals surface area contributed by atoms with Crippen LogP contribution in [0.5, 0.6) is 5.88 Å². The van der Waals surface area contributed by atoms with Crippen LogP contribution in [0.3, 0.4) is 0 Å². The molecule has 0 spiro atoms. The van der Waals surface area contributed by atoms with Gasteiger partial charge in [0.1, 0.15) is 29.9 Å². The summed E-state index contributed by atoms with van der Waals surface area (Å²) in [4.78, 5) is 24.9. The Morgan fingerprint density at radius 3 is 2.55 bits per heavy atom. The van der Waals surface area contributed by atoms with Crippen LogP contribution >= 0.6 is 0 Å². The molecule has 11 heteroatoms. The number of nitrogens with one attached hydrogen (secondary N) is 2. The second-order valence-corrected chi connectivity index (χ2v) is 7.86. The van der Waals surface area contributed by atoms with Gasteiger partial charge in [0, 0.05) is 50.7 Å². The van der Waals surface area contributed by atoms with Gasteiger partial charge in [-0.3, -0.25) is 0 Å². The van der Waals surface area contributed by atoms with Gasteiger partial charge in [0.25, 0.3) is 0 Å². The minimum absolute atomic E-state index is 0.0436. The summed E-state index contributed by atoms with van der Waals surface area (Å²) in [5, 5.41) is 7.14. The van der Waals surface area contributed by atoms with Crippen molar-refractivity contribution >= 4 is 23.3 Å². The molecule has 1 aromatic carbocycles. The fourth-order valence-electron chi connectivity index (χ4n) is 3.18. The smallest absolute Gasteiger partial charge is 0.474 e. The molecule has 33 heavy (non-hydrogen) atoms. The van der Waals surface area contributed by atoms with Gasteiger partial charge in [0.2, 0.25) is 5.88 Å². The number of carbonyl (C=O) groups excluding carboxylic acids is 1. The zero-order valence-electron chi connectivity index (χ0n) is 18.9. The lowest BCUT2D eigenvalue weighted by Gasteiger charge is -2.30. The Morgan fingerprint density at radius 2 is 1.85 bits per heavy atom. The van der Waals surface area contributed by atoms with E-state index in [1.54, 1.807) is 13.8 Å². The predicted molar refractivity (Wildman–Crippen MR) is 118 cm³/mol. The number of anilines is 3. The molecule has 1 aromatic heterocycles. The van der Waals surface area contributed by atoms with Crippen LogP contribution in [-0.4, -0.2) is 53.0 Å². The van der Waals surface area contributed by atoms with Crippen LogP contribution in [0, 0.1) is 11.6 Å². The van der Waals surface area contributed by atoms with E-state index in [1.807, 2.05) is 6.92 Å². The number of hydrogen-bond donors (Lipinski definition) is 2. The highest BCUT2D eigenvalue weighted by Crippen LogP contribution is 2.27. The maximum Gasteiger partial charge on any atom is 0.528 e. The molecular weight excluding hydrogens is 436 g/mol. The second kappa shape index (κ2) is 11.6. The molecule has 0 amide bonds. The van der Waals surface area contributed by atoms with E-state index in [1.165, 1.54) is 17.5 Å². The van der Waals surface area contributed by atoms with Crippen LogP contribution < -0.4 is 15.4 Å². The van der Waals surface area contributed by atoms with Gasteiger partial charge in [0.15, 0.2) is 0 Å². The van der Waals surface area contributed by atoms with E-state index in [9.17, 15) is 13.6 Å². The molecule has 2 heterocycles. The van der Waals surface area contributed by atoms with Crippen molar-refractivity contribution in [3.05, 3.63) is 36.2 Å². The van der Waals surface area contributed by atoms with Crippen molar-refractivity contribution in [3.8, 4) is 5.88 Å². The zero-order chi connectivity index (χ0) is 23.8. The number of nitrogens with zero attached hydrogens (tertiary/aromatic N) is 3. The minimum atomic E-state index is -0.728. The molecule has 1 saturated heterocycles. The number of halogens is 2. The average Bonchev–Trinajstić information content (AvgIpc) is 2.76. The maximum absolute atomic E-state index is 14.4. The van der Waals surface area contributed by atoms with E-state index < -0.39 is 17.8 Å². The molecule has 1 aliphatic heterocycles. The highest BCUT2D eigenvalue weighted by Gasteiger charge is 2.24. The molecule has 2 N–H and O–H groups in total. The molecule has 0 radical (unpaired) electrons. The molecule has 0 bridgehead atoms. The van der Waals surface area contributed by atoms with Gasteiger partial charge in [-0.2, -0.15) is 0 Å². The quantitative estimate of drug-likeness (QED) is 0.513. The van der Waals surface area contributed by atoms with E-state index >= 15 is 0 Å². The maximum atomic E-state index is 14.4. The first-order valence-corrected chi connectivity index (χ1v) is 11.0. The Bertz CT molecular complexity index is 939. The molecule has 0 aliphatic carbocycles. The molecule has 0 unspecified atom stereocenters. The topological polar surface area (TPSA) is 97.8 Å². The SMILES string of the molecule is CCCNc1cc(F)c(Nc2cc(OC3CCN(OC(=O)OC(C)C)CC3)ncn2)cc1F. The van der Waals surface area contributed by atoms with Gasteiger partial charge >= 0.3 is 6.16 Å². The van der Waals surface area contributed by atoms with Gasteiger partial charge in [0.05, 0.1) is 17.5 Å². The monoisotopic (exact) mass is 465 g/mol. The summed E-state index contributed by atoms with van der Waals surface area (Å²) in [7, 11) is 0. The lowest BCUT2D eigenvalue weighted by Crippen LogP contribution is -2.40. The van der Waals surface area contributed by atoms with Crippen molar-refractivity contribution in [2.24, 2.45) is 0 Å². The molecule has 2 aromatic rings. The van der Waals surface area contributed by atoms with Gasteiger partial charge < -0.3 is 24.9 Å². The Hall–Kier alpha value is -3.21. The number of hydroxylamine groups is 2. The summed E-state index contributed by atoms with van der Waals surface area (Å²) >= 11 is 0. The van der Waals surface area contributed by atoms with Crippen molar-refractivity contribution in [1.82, 2.24) is 15.0 Å². The number of hydrogen-bond acceptors (Lipinski definition) is 9. The Labute approximate surface area is 191 Å². The lowest BCUT2D eigenvalue weighted by molar-refractivity contribution is -0.151. The highest BCUT2D eigenvalue weighted by atomic mass is 19.1. The Morgan fingerprint density at radius 1 is 1.15 bits per heavy atom. The zero-order valence-corrected chi connectivity index (χ0v) is 18.9. The van der Waals surface area contributed by atoms with Gasteiger partial charge in [-0.15, -0.1) is 5.06 Å². The molecule has 0 atom stereocenters. The van der Waals surface area contributed by atoms with E-state index in [4.69, 9.17) is 14.3 Å². The molecule has 9 nitrogen and oxygen atoms in total. The average molecular weight is 466 g/mol. The number of piperidine rings is 1. The number of rotatable bonds is 9. The molecule has 3 rings (SSSR count). The van der Waals surface area contributed by atoms with Gasteiger partial charge in [-0.25, -0.2) is 23.5 Å². The first-order chi connectivity index (χ1) is 15.8. The van der Waals surface area contributed by atoms with E-state index in [0.717, 1.165) is 18.6 Å². The largest absolute Gasteiger partial charge is 0.528 e. The third kappa shape index (κ3) is 7.41. The normalized spacial score (nSPS) is 14.7. The van der Waals surface area contributed by atoms with Gasteiger partial charge in [-0.05, 0) is 20.3 Å². The molecular formula is C22H29F2N5O4. The summed E-state index contributed by atoms with van der Waals surface area (Å²) in [6.07, 6.45) is 2.16. The van der Waals surface area contributed by atoms with Crippen molar-refractivity contribution in [2.45, 2.75) is 52.2 Å². The van der Waals surface area contributed by atoms with Crippen LogP contribution in [0.4, 0.5) is 30.8 Å². The Balaban J connectivity index is 1.55. The minimum Gasteiger partial charge on any atom is -0.474 e. The first kappa shape index (κ1) is 24.4. The molecule has 180 valence electrons. The highest BCUT2D eigenvalue weighted by molar-refractivity contribution is 5.62. The van der Waals surface area contributed by atoms with Gasteiger partial charge in [-0.1, -0.05) is 6.92 Å². The van der Waals surface area contributed by atoms with Crippen LogP contribution in [0.2, 0.25) is 0 Å². The van der Waals surface area contributed by atoms with E-state index in [2.05, 4.69) is 20.6 Å². The van der Waals surface area contributed by atoms with Crippen LogP contribution in [0.15, 0.2) is 24.5 Å². The van der Waals surface area contributed by atoms with Crippen molar-refractivity contribution in [2.75, 3.05) is 30.3 Å². The fourth-order valence-corrected chi connectivity index (χ4v) is 3.18. The molecule has 1 fully saturated rings. The van der Waals surface area contributed by atoms with E-state index in [-0.39, 0.29) is 29.4 Å². The Kier molecular flexibility index (Phi) is 8.58. The summed E-state index contributed by atoms with van der Waals surface area (Å²) in [5.41, 5.74) is 0.0670. The number of benzene rings is 1. The molecule has 1 aliphatic rings. The summed E-state index contributed by atoms with van der Waals surface area (Å²) in [6, 6.07) is 3.71. The summed E-state index contributed by atoms with van der Waals surface area (Å²) in [6.45, 7) is 6.94. The first-order valence-electron chi connectivity index (χ1n) is 11.0. The van der Waals surface area contributed by atoms with Crippen LogP contribution in [0.1, 0.15) is 40.0 Å². The fraction of sp³-hybridized carbons (Fsp3) is 0.500. The number of aromatic nitrogens is 2. The van der Waals surface area contributed by atoms with E-state index in [0.29, 0.717) is 38.4 Å². The summed E-state index contributed by atoms with van der Waals surface area (Å²) in [5.74, 6) is -0.610.